The Kier molecular flexibility index (Phi) is 4.26. The monoisotopic (exact) mass is 307 g/mol. The van der Waals surface area contributed by atoms with Gasteiger partial charge in [0.05, 0.1) is 12.8 Å². The fourth-order valence-corrected chi connectivity index (χ4v) is 2.33. The molecule has 10 heteroatoms. The van der Waals surface area contributed by atoms with Crippen LogP contribution >= 0.6 is 11.8 Å². The number of aryl methyl sites for hydroxylation is 1. The molecule has 9 nitrogen and oxygen atoms in total. The van der Waals surface area contributed by atoms with Crippen molar-refractivity contribution < 1.29 is 8.94 Å². The maximum atomic E-state index is 5.20. The van der Waals surface area contributed by atoms with Gasteiger partial charge in [-0.3, -0.25) is 0 Å². The van der Waals surface area contributed by atoms with Crippen LogP contribution in [-0.4, -0.2) is 42.6 Å². The normalized spacial score (nSPS) is 11.1. The van der Waals surface area contributed by atoms with E-state index in [2.05, 4.69) is 31.0 Å². The largest absolute Gasteiger partial charge is 0.461 e. The number of tetrazole rings is 1. The van der Waals surface area contributed by atoms with Gasteiger partial charge in [0.1, 0.15) is 0 Å². The Morgan fingerprint density at radius 2 is 2.38 bits per heavy atom. The molecule has 0 aromatic carbocycles. The molecule has 0 bridgehead atoms. The Morgan fingerprint density at radius 1 is 1.43 bits per heavy atom. The number of furan rings is 1. The van der Waals surface area contributed by atoms with Gasteiger partial charge in [0.2, 0.25) is 16.9 Å². The molecule has 0 saturated heterocycles. The van der Waals surface area contributed by atoms with Gasteiger partial charge in [-0.2, -0.15) is 4.98 Å². The maximum Gasteiger partial charge on any atom is 0.241 e. The quantitative estimate of drug-likeness (QED) is 0.499. The van der Waals surface area contributed by atoms with E-state index >= 15 is 0 Å². The first kappa shape index (κ1) is 13.8. The van der Waals surface area contributed by atoms with E-state index in [0.717, 1.165) is 17.5 Å². The number of rotatable bonds is 7. The molecule has 0 aliphatic heterocycles. The molecule has 21 heavy (non-hydrogen) atoms. The summed E-state index contributed by atoms with van der Waals surface area (Å²) in [5.41, 5.74) is 0. The van der Waals surface area contributed by atoms with Crippen molar-refractivity contribution in [2.45, 2.75) is 11.7 Å². The topological polar surface area (TPSA) is 108 Å². The maximum absolute atomic E-state index is 5.20. The van der Waals surface area contributed by atoms with Gasteiger partial charge < -0.3 is 14.3 Å². The van der Waals surface area contributed by atoms with Crippen LogP contribution in [0.1, 0.15) is 5.89 Å². The Morgan fingerprint density at radius 3 is 3.14 bits per heavy atom. The van der Waals surface area contributed by atoms with Crippen LogP contribution in [0.5, 0.6) is 0 Å². The predicted molar refractivity (Wildman–Crippen MR) is 73.2 cm³/mol. The second kappa shape index (κ2) is 6.50. The summed E-state index contributed by atoms with van der Waals surface area (Å²) in [6, 6.07) is 3.57. The Labute approximate surface area is 124 Å². The van der Waals surface area contributed by atoms with Crippen LogP contribution in [0.15, 0.2) is 32.5 Å². The van der Waals surface area contributed by atoms with Crippen molar-refractivity contribution in [1.29, 1.82) is 0 Å². The van der Waals surface area contributed by atoms with Gasteiger partial charge in [-0.15, -0.1) is 5.10 Å². The standard InChI is InChI=1S/C11H13N7O2S/c1-18-11(14-16-17-18)21-6-4-12-7-9-13-10(15-20-9)8-3-2-5-19-8/h2-3,5,12H,4,6-7H2,1H3. The number of aromatic nitrogens is 6. The van der Waals surface area contributed by atoms with E-state index in [1.54, 1.807) is 34.8 Å². The SMILES string of the molecule is Cn1nnnc1SCCNCc1nc(-c2ccco2)no1. The van der Waals surface area contributed by atoms with Crippen molar-refractivity contribution in [2.24, 2.45) is 7.05 Å². The molecular weight excluding hydrogens is 294 g/mol. The van der Waals surface area contributed by atoms with Crippen molar-refractivity contribution >= 4 is 11.8 Å². The Balaban J connectivity index is 1.41. The summed E-state index contributed by atoms with van der Waals surface area (Å²) in [5, 5.41) is 19.1. The van der Waals surface area contributed by atoms with E-state index in [1.807, 2.05) is 7.05 Å². The molecule has 0 aliphatic rings. The number of nitrogens with zero attached hydrogens (tertiary/aromatic N) is 6. The van der Waals surface area contributed by atoms with Gasteiger partial charge in [-0.1, -0.05) is 16.9 Å². The van der Waals surface area contributed by atoms with Gasteiger partial charge >= 0.3 is 0 Å². The van der Waals surface area contributed by atoms with Crippen LogP contribution in [-0.2, 0) is 13.6 Å². The minimum Gasteiger partial charge on any atom is -0.461 e. The molecule has 0 atom stereocenters. The molecule has 1 N–H and O–H groups in total. The second-order valence-corrected chi connectivity index (χ2v) is 5.16. The van der Waals surface area contributed by atoms with Crippen molar-refractivity contribution in [1.82, 2.24) is 35.7 Å². The molecule has 3 aromatic rings. The van der Waals surface area contributed by atoms with Crippen molar-refractivity contribution in [2.75, 3.05) is 12.3 Å². The lowest BCUT2D eigenvalue weighted by Gasteiger charge is -2.00. The van der Waals surface area contributed by atoms with Gasteiger partial charge in [-0.25, -0.2) is 4.68 Å². The number of nitrogens with one attached hydrogen (secondary N) is 1. The third-order valence-electron chi connectivity index (χ3n) is 2.58. The predicted octanol–water partition coefficient (Wildman–Crippen LogP) is 0.735. The molecule has 0 aliphatic carbocycles. The third-order valence-corrected chi connectivity index (χ3v) is 3.59. The molecule has 3 heterocycles. The average molecular weight is 307 g/mol. The van der Waals surface area contributed by atoms with Crippen LogP contribution < -0.4 is 5.32 Å². The van der Waals surface area contributed by atoms with E-state index in [1.165, 1.54) is 0 Å². The highest BCUT2D eigenvalue weighted by molar-refractivity contribution is 7.99. The first-order valence-electron chi connectivity index (χ1n) is 6.25. The zero-order valence-corrected chi connectivity index (χ0v) is 12.1. The molecule has 3 aromatic heterocycles. The van der Waals surface area contributed by atoms with E-state index in [0.29, 0.717) is 24.0 Å². The highest BCUT2D eigenvalue weighted by Gasteiger charge is 2.10. The molecule has 0 spiro atoms. The lowest BCUT2D eigenvalue weighted by molar-refractivity contribution is 0.368. The summed E-state index contributed by atoms with van der Waals surface area (Å²) in [4.78, 5) is 4.24. The summed E-state index contributed by atoms with van der Waals surface area (Å²) in [6.45, 7) is 1.28. The lowest BCUT2D eigenvalue weighted by atomic mass is 10.4. The minimum atomic E-state index is 0.455. The molecule has 0 fully saturated rings. The van der Waals surface area contributed by atoms with E-state index in [-0.39, 0.29) is 0 Å². The van der Waals surface area contributed by atoms with Gasteiger partial charge in [0.15, 0.2) is 5.76 Å². The number of hydrogen-bond donors (Lipinski definition) is 1. The minimum absolute atomic E-state index is 0.455. The summed E-state index contributed by atoms with van der Waals surface area (Å²) >= 11 is 1.57. The van der Waals surface area contributed by atoms with Gasteiger partial charge in [0, 0.05) is 19.3 Å². The summed E-state index contributed by atoms with van der Waals surface area (Å²) in [5.74, 6) is 2.41. The zero-order valence-electron chi connectivity index (χ0n) is 11.3. The van der Waals surface area contributed by atoms with Crippen molar-refractivity contribution in [3.8, 4) is 11.6 Å². The zero-order chi connectivity index (χ0) is 14.5. The first-order valence-corrected chi connectivity index (χ1v) is 7.24. The van der Waals surface area contributed by atoms with Crippen molar-refractivity contribution in [3.63, 3.8) is 0 Å². The summed E-state index contributed by atoms with van der Waals surface area (Å²) in [6.07, 6.45) is 1.57. The highest BCUT2D eigenvalue weighted by Crippen LogP contribution is 2.15. The average Bonchev–Trinajstić information content (AvgIpc) is 3.19. The van der Waals surface area contributed by atoms with Crippen LogP contribution in [0, 0.1) is 0 Å². The number of thioether (sulfide) groups is 1. The third kappa shape index (κ3) is 3.47. The van der Waals surface area contributed by atoms with Crippen molar-refractivity contribution in [3.05, 3.63) is 24.3 Å². The Bertz CT molecular complexity index is 678. The summed E-state index contributed by atoms with van der Waals surface area (Å²) < 4.78 is 12.0. The van der Waals surface area contributed by atoms with E-state index < -0.39 is 0 Å². The first-order chi connectivity index (χ1) is 10.3. The van der Waals surface area contributed by atoms with Crippen LogP contribution in [0.4, 0.5) is 0 Å². The molecule has 0 saturated carbocycles. The van der Waals surface area contributed by atoms with E-state index in [4.69, 9.17) is 8.94 Å². The molecule has 0 radical (unpaired) electrons. The second-order valence-electron chi connectivity index (χ2n) is 4.10. The fraction of sp³-hybridized carbons (Fsp3) is 0.364. The number of hydrogen-bond acceptors (Lipinski definition) is 9. The molecule has 110 valence electrons. The van der Waals surface area contributed by atoms with E-state index in [9.17, 15) is 0 Å². The molecular formula is C11H13N7O2S. The summed E-state index contributed by atoms with van der Waals surface area (Å²) in [7, 11) is 1.81. The molecule has 3 rings (SSSR count). The molecule has 0 unspecified atom stereocenters. The fourth-order valence-electron chi connectivity index (χ4n) is 1.59. The lowest BCUT2D eigenvalue weighted by Crippen LogP contribution is -2.17. The Hall–Kier alpha value is -2.20. The van der Waals surface area contributed by atoms with Crippen LogP contribution in [0.2, 0.25) is 0 Å². The smallest absolute Gasteiger partial charge is 0.241 e. The van der Waals surface area contributed by atoms with Gasteiger partial charge in [0.25, 0.3) is 0 Å². The highest BCUT2D eigenvalue weighted by atomic mass is 32.2. The molecule has 0 amide bonds. The van der Waals surface area contributed by atoms with Crippen LogP contribution in [0.3, 0.4) is 0 Å². The van der Waals surface area contributed by atoms with Gasteiger partial charge in [-0.05, 0) is 22.6 Å². The van der Waals surface area contributed by atoms with Crippen LogP contribution in [0.25, 0.3) is 11.6 Å².